The van der Waals surface area contributed by atoms with Crippen LogP contribution in [0.3, 0.4) is 0 Å². The summed E-state index contributed by atoms with van der Waals surface area (Å²) in [6, 6.07) is 7.23. The van der Waals surface area contributed by atoms with Crippen molar-refractivity contribution in [2.75, 3.05) is 25.4 Å². The Morgan fingerprint density at radius 1 is 1.14 bits per heavy atom. The molecule has 2 heterocycles. The number of nitrogens with zero attached hydrogens (tertiary/aromatic N) is 2. The summed E-state index contributed by atoms with van der Waals surface area (Å²) in [5.41, 5.74) is 1.90. The zero-order chi connectivity index (χ0) is 25.2. The van der Waals surface area contributed by atoms with Crippen LogP contribution in [0.4, 0.5) is 0 Å². The fourth-order valence-corrected chi connectivity index (χ4v) is 5.50. The summed E-state index contributed by atoms with van der Waals surface area (Å²) < 4.78 is 7.14. The number of carbonyl (C=O) groups is 2. The van der Waals surface area contributed by atoms with Crippen LogP contribution < -0.4 is 16.2 Å². The van der Waals surface area contributed by atoms with Crippen molar-refractivity contribution in [1.82, 2.24) is 20.2 Å². The Kier molecular flexibility index (Phi) is 9.98. The van der Waals surface area contributed by atoms with Crippen LogP contribution in [-0.4, -0.2) is 52.9 Å². The van der Waals surface area contributed by atoms with Gasteiger partial charge in [-0.1, -0.05) is 35.5 Å². The number of aromatic nitrogens is 2. The monoisotopic (exact) mass is 512 g/mol. The topological polar surface area (TPSA) is 102 Å². The Hall–Kier alpha value is -2.65. The molecule has 1 aromatic heterocycles. The van der Waals surface area contributed by atoms with E-state index < -0.39 is 0 Å². The molecule has 0 bridgehead atoms. The number of carbonyl (C=O) groups excluding carboxylic acids is 2. The first-order chi connectivity index (χ1) is 17.6. The predicted octanol–water partition coefficient (Wildman–Crippen LogP) is 3.57. The highest BCUT2D eigenvalue weighted by Gasteiger charge is 2.17. The average molecular weight is 513 g/mol. The van der Waals surface area contributed by atoms with Crippen molar-refractivity contribution < 1.29 is 14.3 Å². The molecule has 1 aromatic carbocycles. The molecule has 1 aliphatic heterocycles. The van der Waals surface area contributed by atoms with Crippen molar-refractivity contribution in [3.63, 3.8) is 0 Å². The molecule has 1 atom stereocenters. The fourth-order valence-electron chi connectivity index (χ4n) is 4.65. The zero-order valence-corrected chi connectivity index (χ0v) is 21.6. The molecule has 36 heavy (non-hydrogen) atoms. The molecule has 1 aliphatic carbocycles. The summed E-state index contributed by atoms with van der Waals surface area (Å²) >= 11 is 1.26. The van der Waals surface area contributed by atoms with E-state index >= 15 is 0 Å². The van der Waals surface area contributed by atoms with Gasteiger partial charge in [0.05, 0.1) is 22.8 Å². The molecule has 9 heteroatoms. The van der Waals surface area contributed by atoms with E-state index in [0.29, 0.717) is 48.5 Å². The maximum atomic E-state index is 13.2. The number of ether oxygens (including phenoxy) is 1. The van der Waals surface area contributed by atoms with Crippen LogP contribution in [0.2, 0.25) is 0 Å². The van der Waals surface area contributed by atoms with Gasteiger partial charge in [-0.05, 0) is 63.5 Å². The van der Waals surface area contributed by atoms with Gasteiger partial charge < -0.3 is 15.4 Å². The second kappa shape index (κ2) is 13.6. The van der Waals surface area contributed by atoms with Gasteiger partial charge in [0, 0.05) is 32.7 Å². The molecule has 1 saturated heterocycles. The summed E-state index contributed by atoms with van der Waals surface area (Å²) in [6.07, 6.45) is 10.9. The van der Waals surface area contributed by atoms with Crippen molar-refractivity contribution in [1.29, 1.82) is 0 Å². The second-order valence-electron chi connectivity index (χ2n) is 9.41. The Bertz CT molecular complexity index is 1140. The number of fused-ring (bicyclic) bond motifs is 1. The van der Waals surface area contributed by atoms with E-state index in [9.17, 15) is 14.4 Å². The van der Waals surface area contributed by atoms with Crippen molar-refractivity contribution in [3.05, 3.63) is 46.3 Å². The number of allylic oxidation sites excluding steroid dienone is 1. The molecule has 2 aromatic rings. The lowest BCUT2D eigenvalue weighted by atomic mass is 9.97. The lowest BCUT2D eigenvalue weighted by Crippen LogP contribution is -2.32. The summed E-state index contributed by atoms with van der Waals surface area (Å²) in [4.78, 5) is 42.6. The van der Waals surface area contributed by atoms with Gasteiger partial charge >= 0.3 is 0 Å². The van der Waals surface area contributed by atoms with E-state index in [0.717, 1.165) is 38.7 Å². The smallest absolute Gasteiger partial charge is 0.262 e. The van der Waals surface area contributed by atoms with E-state index in [-0.39, 0.29) is 29.2 Å². The molecule has 8 nitrogen and oxygen atoms in total. The summed E-state index contributed by atoms with van der Waals surface area (Å²) in [7, 11) is 0. The van der Waals surface area contributed by atoms with Crippen LogP contribution in [0.25, 0.3) is 10.9 Å². The third-order valence-electron chi connectivity index (χ3n) is 6.65. The largest absolute Gasteiger partial charge is 0.376 e. The third-order valence-corrected chi connectivity index (χ3v) is 7.63. The van der Waals surface area contributed by atoms with Gasteiger partial charge in [-0.15, -0.1) is 0 Å². The number of nitrogens with one attached hydrogen (secondary N) is 2. The first-order valence-corrected chi connectivity index (χ1v) is 14.0. The fraction of sp³-hybridized carbons (Fsp3) is 0.556. The molecule has 0 radical (unpaired) electrons. The summed E-state index contributed by atoms with van der Waals surface area (Å²) in [6.45, 7) is 2.28. The van der Waals surface area contributed by atoms with Gasteiger partial charge in [0.2, 0.25) is 11.8 Å². The Morgan fingerprint density at radius 3 is 2.83 bits per heavy atom. The normalized spacial score (nSPS) is 17.7. The number of amides is 2. The van der Waals surface area contributed by atoms with Crippen LogP contribution in [0.15, 0.2) is 45.9 Å². The number of hydrogen-bond donors (Lipinski definition) is 2. The standard InChI is InChI=1S/C27H36N4O4S/c32-24(29-18-21-10-7-17-35-21)13-6-16-31-26(34)22-11-4-5-12-23(22)30-27(31)36-19-25(33)28-15-14-20-8-2-1-3-9-20/h4-5,8,11-12,21H,1-3,6-7,9-10,13-19H2,(H,28,33)(H,29,32)/t21-/m0/s1. The number of para-hydroxylation sites is 1. The highest BCUT2D eigenvalue weighted by Crippen LogP contribution is 2.20. The molecule has 194 valence electrons. The average Bonchev–Trinajstić information content (AvgIpc) is 3.42. The zero-order valence-electron chi connectivity index (χ0n) is 20.8. The molecule has 4 rings (SSSR count). The second-order valence-corrected chi connectivity index (χ2v) is 10.4. The van der Waals surface area contributed by atoms with Gasteiger partial charge in [0.1, 0.15) is 0 Å². The minimum atomic E-state index is -0.146. The Labute approximate surface area is 216 Å². The summed E-state index contributed by atoms with van der Waals surface area (Å²) in [5, 5.41) is 6.95. The van der Waals surface area contributed by atoms with Crippen molar-refractivity contribution >= 4 is 34.5 Å². The first kappa shape index (κ1) is 26.4. The predicted molar refractivity (Wildman–Crippen MR) is 142 cm³/mol. The first-order valence-electron chi connectivity index (χ1n) is 13.1. The minimum absolute atomic E-state index is 0.0473. The van der Waals surface area contributed by atoms with Crippen LogP contribution in [0, 0.1) is 0 Å². The number of rotatable bonds is 12. The molecular weight excluding hydrogens is 476 g/mol. The Morgan fingerprint density at radius 2 is 2.03 bits per heavy atom. The SMILES string of the molecule is O=C(CCCn1c(SCC(=O)NCCC2=CCCCC2)nc2ccccc2c1=O)NC[C@@H]1CCCO1. The maximum absolute atomic E-state index is 13.2. The van der Waals surface area contributed by atoms with Crippen molar-refractivity contribution in [2.24, 2.45) is 0 Å². The van der Waals surface area contributed by atoms with Crippen LogP contribution in [0.5, 0.6) is 0 Å². The molecule has 1 fully saturated rings. The van der Waals surface area contributed by atoms with E-state index in [1.54, 1.807) is 10.6 Å². The molecular formula is C27H36N4O4S. The third kappa shape index (κ3) is 7.67. The van der Waals surface area contributed by atoms with E-state index in [2.05, 4.69) is 21.7 Å². The Balaban J connectivity index is 1.32. The number of hydrogen-bond acceptors (Lipinski definition) is 6. The lowest BCUT2D eigenvalue weighted by molar-refractivity contribution is -0.121. The quantitative estimate of drug-likeness (QED) is 0.256. The molecule has 0 unspecified atom stereocenters. The van der Waals surface area contributed by atoms with Crippen molar-refractivity contribution in [3.8, 4) is 0 Å². The van der Waals surface area contributed by atoms with Crippen LogP contribution >= 0.6 is 11.8 Å². The van der Waals surface area contributed by atoms with Gasteiger partial charge in [-0.2, -0.15) is 0 Å². The molecule has 0 spiro atoms. The lowest BCUT2D eigenvalue weighted by Gasteiger charge is -2.14. The molecule has 2 aliphatic rings. The molecule has 2 amide bonds. The highest BCUT2D eigenvalue weighted by atomic mass is 32.2. The van der Waals surface area contributed by atoms with Gasteiger partial charge in [-0.25, -0.2) is 4.98 Å². The van der Waals surface area contributed by atoms with Gasteiger partial charge in [0.25, 0.3) is 5.56 Å². The van der Waals surface area contributed by atoms with E-state index in [1.807, 2.05) is 18.2 Å². The number of benzene rings is 1. The van der Waals surface area contributed by atoms with Gasteiger partial charge in [-0.3, -0.25) is 19.0 Å². The van der Waals surface area contributed by atoms with Crippen LogP contribution in [-0.2, 0) is 20.9 Å². The maximum Gasteiger partial charge on any atom is 0.262 e. The number of thioether (sulfide) groups is 1. The van der Waals surface area contributed by atoms with Crippen LogP contribution in [0.1, 0.15) is 57.8 Å². The van der Waals surface area contributed by atoms with E-state index in [1.165, 1.54) is 30.2 Å². The molecule has 2 N–H and O–H groups in total. The summed E-state index contributed by atoms with van der Waals surface area (Å²) in [5.74, 6) is 0.0685. The molecule has 0 saturated carbocycles. The minimum Gasteiger partial charge on any atom is -0.376 e. The van der Waals surface area contributed by atoms with E-state index in [4.69, 9.17) is 4.74 Å². The van der Waals surface area contributed by atoms with Crippen molar-refractivity contribution in [2.45, 2.75) is 75.6 Å². The highest BCUT2D eigenvalue weighted by molar-refractivity contribution is 7.99. The van der Waals surface area contributed by atoms with Gasteiger partial charge in [0.15, 0.2) is 5.16 Å².